The minimum atomic E-state index is -1.53. The molecule has 32 heteroatoms. The minimum absolute atomic E-state index is 0.00338. The molecule has 634 valence electrons. The number of nitrogens with one attached hydrogen (secondary N) is 4. The van der Waals surface area contributed by atoms with E-state index >= 15 is 0 Å². The minimum Gasteiger partial charge on any atom is -0.493 e. The fourth-order valence-corrected chi connectivity index (χ4v) is 13.2. The zero-order valence-corrected chi connectivity index (χ0v) is 67.8. The number of rotatable bonds is 49. The van der Waals surface area contributed by atoms with Crippen LogP contribution in [0.2, 0.25) is 0 Å². The number of aliphatic hydroxyl groups is 1. The molecule has 9 rings (SSSR count). The molecule has 5 aliphatic rings. The van der Waals surface area contributed by atoms with Crippen molar-refractivity contribution in [2.24, 2.45) is 10.9 Å². The van der Waals surface area contributed by atoms with Gasteiger partial charge in [-0.2, -0.15) is 0 Å². The van der Waals surface area contributed by atoms with Crippen molar-refractivity contribution in [1.29, 1.82) is 0 Å². The molecule has 5 heterocycles. The number of unbranched alkanes of at least 4 members (excludes halogenated alkanes) is 2. The Morgan fingerprint density at radius 2 is 1.08 bits per heavy atom. The van der Waals surface area contributed by atoms with E-state index in [1.807, 2.05) is 74.6 Å². The first-order valence-electron chi connectivity index (χ1n) is 39.7. The van der Waals surface area contributed by atoms with Crippen LogP contribution in [0.4, 0.5) is 21.9 Å². The highest BCUT2D eigenvalue weighted by Crippen LogP contribution is 2.43. The first-order valence-corrected chi connectivity index (χ1v) is 39.7. The van der Waals surface area contributed by atoms with Crippen molar-refractivity contribution in [3.05, 3.63) is 149 Å². The van der Waals surface area contributed by atoms with Gasteiger partial charge in [-0.05, 0) is 94.2 Å². The Labute approximate surface area is 682 Å². The molecule has 0 aliphatic carbocycles. The summed E-state index contributed by atoms with van der Waals surface area (Å²) in [6.45, 7) is 14.8. The molecular weight excluding hydrogens is 1510 g/mol. The lowest BCUT2D eigenvalue weighted by Crippen LogP contribution is -2.53. The monoisotopic (exact) mass is 1630 g/mol. The summed E-state index contributed by atoms with van der Waals surface area (Å²) in [5.74, 6) is -2.53. The molecule has 5 N–H and O–H groups in total. The zero-order chi connectivity index (χ0) is 83.4. The number of hydrogen-bond donors (Lipinski definition) is 5. The highest BCUT2D eigenvalue weighted by atomic mass is 16.6. The molecule has 0 radical (unpaired) electrons. The average molecular weight is 1630 g/mol. The Kier molecular flexibility index (Phi) is 36.9. The standard InChI is InChI=1S/C85H111N9O23/c1-57(2)78(90-76(96)25-30-107-32-34-109-36-38-111-40-42-113-44-45-114-43-41-112-39-37-110-35-33-108-31-26-86-75(95)24-27-91-77(97)50-65(81(91)100)62-18-14-11-9-8-10-12-15-19-62)80(99)88-60(5)79(98)89-63-22-20-61(21-23-63)56-117-85(104)94-69-52-74(72(106-7)49-67(69)83(102)93-55-59(4)47-70(93)84(94)103)116-29-17-13-16-28-115-73-51-68-66(48-71(73)105-6)82(101)92-54-58(3)46-64(92)53-87-68/h8-12,14-15,18-23,48-49,51-55,57,60,64-65,70,78,84,103H,13,16-17,24-47,50,56H2,1-7H3,(H,86,95)(H,88,99)(H,89,98)(H,90,96)/t60-,64-,65?,70-,78-,84-/m0/s1. The number of likely N-dealkylation sites (tertiary alicyclic amines) is 1. The highest BCUT2D eigenvalue weighted by Gasteiger charge is 2.46. The van der Waals surface area contributed by atoms with Crippen molar-refractivity contribution in [2.75, 3.05) is 156 Å². The van der Waals surface area contributed by atoms with Crippen LogP contribution in [0.1, 0.15) is 124 Å². The largest absolute Gasteiger partial charge is 0.493 e. The summed E-state index contributed by atoms with van der Waals surface area (Å²) < 4.78 is 73.9. The second kappa shape index (κ2) is 47.7. The van der Waals surface area contributed by atoms with Gasteiger partial charge in [-0.25, -0.2) is 9.69 Å². The zero-order valence-electron chi connectivity index (χ0n) is 67.8. The third-order valence-electron chi connectivity index (χ3n) is 19.4. The highest BCUT2D eigenvalue weighted by molar-refractivity contribution is 6.08. The molecule has 4 aromatic carbocycles. The van der Waals surface area contributed by atoms with E-state index < -0.39 is 60.0 Å². The van der Waals surface area contributed by atoms with Gasteiger partial charge in [0.05, 0.1) is 174 Å². The topological polar surface area (TPSA) is 367 Å². The van der Waals surface area contributed by atoms with Crippen molar-refractivity contribution in [3.8, 4) is 23.0 Å². The van der Waals surface area contributed by atoms with E-state index in [0.717, 1.165) is 28.0 Å². The Morgan fingerprint density at radius 1 is 0.547 bits per heavy atom. The van der Waals surface area contributed by atoms with Gasteiger partial charge >= 0.3 is 6.09 Å². The molecular formula is C85H111N9O23. The maximum Gasteiger partial charge on any atom is 0.416 e. The Morgan fingerprint density at radius 3 is 1.66 bits per heavy atom. The van der Waals surface area contributed by atoms with Crippen LogP contribution < -0.4 is 45.1 Å². The van der Waals surface area contributed by atoms with Gasteiger partial charge in [-0.1, -0.05) is 91.7 Å². The number of anilines is 2. The summed E-state index contributed by atoms with van der Waals surface area (Å²) in [6.07, 6.45) is 5.83. The number of amides is 9. The number of hydrogen-bond acceptors (Lipinski definition) is 24. The van der Waals surface area contributed by atoms with Crippen molar-refractivity contribution < 1.29 is 110 Å². The molecule has 0 saturated carbocycles. The van der Waals surface area contributed by atoms with E-state index in [1.165, 1.54) is 43.1 Å². The number of ether oxygens (including phenoxy) is 13. The molecule has 0 aromatic heterocycles. The Balaban J connectivity index is 0.568. The second-order valence-corrected chi connectivity index (χ2v) is 28.6. The molecule has 9 amide bonds. The summed E-state index contributed by atoms with van der Waals surface area (Å²) in [7, 11) is 2.96. The molecule has 5 aliphatic heterocycles. The summed E-state index contributed by atoms with van der Waals surface area (Å²) in [6, 6.07) is 26.6. The lowest BCUT2D eigenvalue weighted by molar-refractivity contribution is -0.139. The number of fused-ring (bicyclic) bond motifs is 4. The Bertz CT molecular complexity index is 4130. The molecule has 0 spiro atoms. The maximum atomic E-state index is 14.3. The van der Waals surface area contributed by atoms with E-state index in [9.17, 15) is 48.3 Å². The molecule has 4 aromatic rings. The van der Waals surface area contributed by atoms with Gasteiger partial charge in [-0.3, -0.25) is 48.2 Å². The van der Waals surface area contributed by atoms with Crippen molar-refractivity contribution in [3.63, 3.8) is 0 Å². The summed E-state index contributed by atoms with van der Waals surface area (Å²) in [5.41, 5.74) is 4.65. The molecule has 0 bridgehead atoms. The summed E-state index contributed by atoms with van der Waals surface area (Å²) in [5, 5.41) is 22.9. The van der Waals surface area contributed by atoms with Gasteiger partial charge in [0.2, 0.25) is 35.4 Å². The summed E-state index contributed by atoms with van der Waals surface area (Å²) >= 11 is 0. The first-order chi connectivity index (χ1) is 56.7. The third kappa shape index (κ3) is 27.6. The predicted octanol–water partition coefficient (Wildman–Crippen LogP) is 8.04. The number of aliphatic hydroxyl groups excluding tert-OH is 1. The normalized spacial score (nSPS) is 17.2. The van der Waals surface area contributed by atoms with Crippen LogP contribution in [0.15, 0.2) is 132 Å². The van der Waals surface area contributed by atoms with Crippen molar-refractivity contribution in [1.82, 2.24) is 30.7 Å². The lowest BCUT2D eigenvalue weighted by atomic mass is 9.99. The van der Waals surface area contributed by atoms with Gasteiger partial charge in [0.1, 0.15) is 18.7 Å². The van der Waals surface area contributed by atoms with Crippen molar-refractivity contribution >= 4 is 76.6 Å². The van der Waals surface area contributed by atoms with E-state index in [0.29, 0.717) is 146 Å². The number of carbonyl (C=O) groups excluding carboxylic acids is 9. The molecule has 6 atom stereocenters. The lowest BCUT2D eigenvalue weighted by Gasteiger charge is -2.31. The number of methoxy groups -OCH3 is 2. The number of benzene rings is 3. The van der Waals surface area contributed by atoms with Gasteiger partial charge in [0.25, 0.3) is 11.8 Å². The van der Waals surface area contributed by atoms with Crippen LogP contribution in [0, 0.1) is 5.92 Å². The van der Waals surface area contributed by atoms with Crippen molar-refractivity contribution in [2.45, 2.75) is 129 Å². The SMILES string of the molecule is COc1cc2c(cc1OCCCCCOc1cc3c(cc1OC)C(=O)N1C=C(C)C[C@H]1[C@H](O)N3C(=O)OCc1ccc(NC(=O)[C@H](C)NC(=O)[C@@H](NC(=O)CCOCCOCCOCCOCCOCCOCCOCCOCCNC(=O)CCN3C(=O)CC(c4ccccccccc4)C3=O)C(C)C)cc1)N=C[C@@H]1CC(C)=CN1C2=O. The van der Waals surface area contributed by atoms with Gasteiger partial charge in [0.15, 0.2) is 29.2 Å². The number of carbonyl (C=O) groups is 9. The smallest absolute Gasteiger partial charge is 0.416 e. The molecule has 1 unspecified atom stereocenters. The maximum absolute atomic E-state index is 14.3. The number of imide groups is 1. The van der Waals surface area contributed by atoms with Crippen LogP contribution in [-0.2, 0) is 78.0 Å². The van der Waals surface area contributed by atoms with E-state index in [-0.39, 0.29) is 130 Å². The number of nitrogens with zero attached hydrogens (tertiary/aromatic N) is 5. The number of aliphatic imine (C=N–C) groups is 1. The molecule has 1 saturated heterocycles. The fourth-order valence-electron chi connectivity index (χ4n) is 13.2. The average Bonchev–Trinajstić information content (AvgIpc) is 1.62. The van der Waals surface area contributed by atoms with E-state index in [2.05, 4.69) is 26.3 Å². The van der Waals surface area contributed by atoms with Gasteiger partial charge in [-0.15, -0.1) is 0 Å². The first kappa shape index (κ1) is 90.5. The quantitative estimate of drug-likeness (QED) is 0.0206. The summed E-state index contributed by atoms with van der Waals surface area (Å²) in [4.78, 5) is 130. The third-order valence-corrected chi connectivity index (χ3v) is 19.4. The molecule has 32 nitrogen and oxygen atoms in total. The Hall–Kier alpha value is -10.4. The van der Waals surface area contributed by atoms with E-state index in [4.69, 9.17) is 61.6 Å². The van der Waals surface area contributed by atoms with Gasteiger partial charge < -0.3 is 97.8 Å². The molecule has 117 heavy (non-hydrogen) atoms. The van der Waals surface area contributed by atoms with Crippen LogP contribution in [0.3, 0.4) is 0 Å². The second-order valence-electron chi connectivity index (χ2n) is 28.6. The van der Waals surface area contributed by atoms with E-state index in [1.54, 1.807) is 67.6 Å². The predicted molar refractivity (Wildman–Crippen MR) is 431 cm³/mol. The van der Waals surface area contributed by atoms with Crippen LogP contribution >= 0.6 is 0 Å². The van der Waals surface area contributed by atoms with Crippen LogP contribution in [0.5, 0.6) is 23.0 Å². The van der Waals surface area contributed by atoms with Crippen LogP contribution in [0.25, 0.3) is 0 Å². The van der Waals surface area contributed by atoms with Crippen LogP contribution in [-0.4, -0.2) is 256 Å². The van der Waals surface area contributed by atoms with Gasteiger partial charge in [0, 0.05) is 68.8 Å². The molecule has 1 fully saturated rings. The fraction of sp³-hybridized carbons (Fsp3) is 0.506.